The minimum atomic E-state index is 0.0417. The Morgan fingerprint density at radius 1 is 1.00 bits per heavy atom. The summed E-state index contributed by atoms with van der Waals surface area (Å²) in [7, 11) is 1.71. The molecule has 0 fully saturated rings. The predicted octanol–water partition coefficient (Wildman–Crippen LogP) is 6.08. The maximum absolute atomic E-state index is 4.94. The van der Waals surface area contributed by atoms with E-state index in [1.807, 2.05) is 20.8 Å². The van der Waals surface area contributed by atoms with Gasteiger partial charge in [-0.15, -0.1) is 0 Å². The molecule has 0 aromatic carbocycles. The fourth-order valence-electron chi connectivity index (χ4n) is 2.71. The maximum Gasteiger partial charge on any atom is 0.0594 e. The summed E-state index contributed by atoms with van der Waals surface area (Å²) in [5.41, 5.74) is 6.80. The van der Waals surface area contributed by atoms with Gasteiger partial charge in [-0.2, -0.15) is 0 Å². The molecule has 1 nitrogen and oxygen atoms in total. The Morgan fingerprint density at radius 3 is 1.81 bits per heavy atom. The molecule has 0 aliphatic heterocycles. The summed E-state index contributed by atoms with van der Waals surface area (Å²) in [6.07, 6.45) is 6.05. The van der Waals surface area contributed by atoms with Crippen molar-refractivity contribution < 1.29 is 4.74 Å². The zero-order valence-corrected chi connectivity index (χ0v) is 15.8. The molecule has 0 N–H and O–H groups in total. The molecule has 120 valence electrons. The summed E-state index contributed by atoms with van der Waals surface area (Å²) in [6, 6.07) is 0. The molecule has 0 aromatic rings. The summed E-state index contributed by atoms with van der Waals surface area (Å²) in [5.74, 6) is 0. The third kappa shape index (κ3) is 4.57. The number of fused-ring (bicyclic) bond motifs is 1. The number of hydrogen-bond donors (Lipinski definition) is 0. The fourth-order valence-corrected chi connectivity index (χ4v) is 2.71. The van der Waals surface area contributed by atoms with Crippen molar-refractivity contribution in [1.29, 1.82) is 0 Å². The van der Waals surface area contributed by atoms with Gasteiger partial charge >= 0.3 is 0 Å². The fraction of sp³-hybridized carbons (Fsp3) is 0.700. The Hall–Kier alpha value is -0.820. The summed E-state index contributed by atoms with van der Waals surface area (Å²) in [5, 5.41) is 0. The second-order valence-electron chi connectivity index (χ2n) is 8.98. The van der Waals surface area contributed by atoms with Gasteiger partial charge in [-0.3, -0.25) is 0 Å². The second-order valence-corrected chi connectivity index (χ2v) is 8.98. The molecule has 2 aliphatic carbocycles. The summed E-state index contributed by atoms with van der Waals surface area (Å²) in [6.45, 7) is 19.9. The Morgan fingerprint density at radius 2 is 1.48 bits per heavy atom. The Kier molecular flexibility index (Phi) is 5.00. The normalized spacial score (nSPS) is 20.7. The molecule has 0 saturated carbocycles. The average Bonchev–Trinajstić information content (AvgIpc) is 2.80. The number of hydrogen-bond acceptors (Lipinski definition) is 1. The molecule has 0 bridgehead atoms. The smallest absolute Gasteiger partial charge is 0.0594 e. The molecule has 1 heteroatoms. The lowest BCUT2D eigenvalue weighted by Gasteiger charge is -2.22. The SMILES string of the molecule is CC1=C2C=C(C(C)(C)C)C=C2C(C)(C)C1.COC(C)(C)C. The van der Waals surface area contributed by atoms with Gasteiger partial charge in [0.25, 0.3) is 0 Å². The van der Waals surface area contributed by atoms with Crippen molar-refractivity contribution in [2.24, 2.45) is 10.8 Å². The lowest BCUT2D eigenvalue weighted by atomic mass is 9.82. The standard InChI is InChI=1S/C15H22.C5H12O/c1-10-9-15(5,6)13-8-11(7-12(10)13)14(2,3)4;1-5(2,3)6-4/h7-8H,9H2,1-6H3;1-4H3. The van der Waals surface area contributed by atoms with Gasteiger partial charge in [0, 0.05) is 7.11 Å². The van der Waals surface area contributed by atoms with E-state index < -0.39 is 0 Å². The van der Waals surface area contributed by atoms with Crippen LogP contribution in [-0.4, -0.2) is 12.7 Å². The maximum atomic E-state index is 4.94. The van der Waals surface area contributed by atoms with Gasteiger partial charge < -0.3 is 4.74 Å². The summed E-state index contributed by atoms with van der Waals surface area (Å²) in [4.78, 5) is 0. The van der Waals surface area contributed by atoms with E-state index in [0.717, 1.165) is 0 Å². The number of allylic oxidation sites excluding steroid dienone is 6. The molecule has 0 saturated heterocycles. The van der Waals surface area contributed by atoms with E-state index in [9.17, 15) is 0 Å². The largest absolute Gasteiger partial charge is 0.379 e. The van der Waals surface area contributed by atoms with Crippen molar-refractivity contribution in [2.45, 2.75) is 74.3 Å². The van der Waals surface area contributed by atoms with Gasteiger partial charge in [-0.25, -0.2) is 0 Å². The van der Waals surface area contributed by atoms with E-state index in [4.69, 9.17) is 4.74 Å². The zero-order valence-electron chi connectivity index (χ0n) is 15.8. The summed E-state index contributed by atoms with van der Waals surface area (Å²) < 4.78 is 4.94. The highest BCUT2D eigenvalue weighted by Gasteiger charge is 2.37. The highest BCUT2D eigenvalue weighted by molar-refractivity contribution is 5.61. The van der Waals surface area contributed by atoms with Gasteiger partial charge in [-0.05, 0) is 61.7 Å². The van der Waals surface area contributed by atoms with Crippen LogP contribution in [0.15, 0.2) is 34.4 Å². The van der Waals surface area contributed by atoms with Crippen molar-refractivity contribution in [2.75, 3.05) is 7.11 Å². The van der Waals surface area contributed by atoms with E-state index in [2.05, 4.69) is 53.7 Å². The minimum Gasteiger partial charge on any atom is -0.379 e. The van der Waals surface area contributed by atoms with Crippen molar-refractivity contribution >= 4 is 0 Å². The topological polar surface area (TPSA) is 9.23 Å². The Bertz CT molecular complexity index is 485. The first kappa shape index (κ1) is 18.2. The average molecular weight is 290 g/mol. The van der Waals surface area contributed by atoms with E-state index >= 15 is 0 Å². The molecule has 0 radical (unpaired) electrons. The minimum absolute atomic E-state index is 0.0417. The van der Waals surface area contributed by atoms with Gasteiger partial charge in [0.2, 0.25) is 0 Å². The molecule has 0 aromatic heterocycles. The molecule has 0 spiro atoms. The van der Waals surface area contributed by atoms with Gasteiger partial charge in [-0.1, -0.05) is 52.3 Å². The number of ether oxygens (including phenoxy) is 1. The van der Waals surface area contributed by atoms with E-state index in [0.29, 0.717) is 5.41 Å². The molecule has 0 heterocycles. The van der Waals surface area contributed by atoms with E-state index in [-0.39, 0.29) is 11.0 Å². The highest BCUT2D eigenvalue weighted by Crippen LogP contribution is 2.51. The van der Waals surface area contributed by atoms with Crippen LogP contribution in [0.1, 0.15) is 68.7 Å². The molecule has 2 aliphatic rings. The highest BCUT2D eigenvalue weighted by atomic mass is 16.5. The molecule has 0 unspecified atom stereocenters. The zero-order chi connectivity index (χ0) is 16.6. The van der Waals surface area contributed by atoms with Crippen LogP contribution in [0.5, 0.6) is 0 Å². The first-order valence-corrected chi connectivity index (χ1v) is 7.97. The van der Waals surface area contributed by atoms with Crippen LogP contribution in [0.3, 0.4) is 0 Å². The lowest BCUT2D eigenvalue weighted by Crippen LogP contribution is -2.15. The third-order valence-corrected chi connectivity index (χ3v) is 4.26. The van der Waals surface area contributed by atoms with Crippen LogP contribution >= 0.6 is 0 Å². The second kappa shape index (κ2) is 5.76. The molecular weight excluding hydrogens is 256 g/mol. The third-order valence-electron chi connectivity index (χ3n) is 4.26. The first-order chi connectivity index (χ1) is 9.28. The molecule has 0 atom stereocenters. The molecule has 21 heavy (non-hydrogen) atoms. The Labute approximate surface area is 132 Å². The van der Waals surface area contributed by atoms with Crippen molar-refractivity contribution in [1.82, 2.24) is 0 Å². The van der Waals surface area contributed by atoms with Crippen molar-refractivity contribution in [3.63, 3.8) is 0 Å². The summed E-state index contributed by atoms with van der Waals surface area (Å²) >= 11 is 0. The monoisotopic (exact) mass is 290 g/mol. The van der Waals surface area contributed by atoms with Crippen LogP contribution in [0.4, 0.5) is 0 Å². The van der Waals surface area contributed by atoms with Crippen LogP contribution in [0.2, 0.25) is 0 Å². The van der Waals surface area contributed by atoms with Crippen molar-refractivity contribution in [3.8, 4) is 0 Å². The quantitative estimate of drug-likeness (QED) is 0.525. The van der Waals surface area contributed by atoms with Gasteiger partial charge in [0.1, 0.15) is 0 Å². The van der Waals surface area contributed by atoms with Gasteiger partial charge in [0.05, 0.1) is 5.60 Å². The van der Waals surface area contributed by atoms with Crippen LogP contribution in [-0.2, 0) is 4.74 Å². The van der Waals surface area contributed by atoms with E-state index in [1.165, 1.54) is 17.6 Å². The first-order valence-electron chi connectivity index (χ1n) is 7.97. The number of methoxy groups -OCH3 is 1. The predicted molar refractivity (Wildman–Crippen MR) is 93.5 cm³/mol. The van der Waals surface area contributed by atoms with Crippen LogP contribution in [0.25, 0.3) is 0 Å². The van der Waals surface area contributed by atoms with E-state index in [1.54, 1.807) is 18.3 Å². The van der Waals surface area contributed by atoms with Gasteiger partial charge in [0.15, 0.2) is 0 Å². The van der Waals surface area contributed by atoms with Crippen LogP contribution < -0.4 is 0 Å². The number of rotatable bonds is 0. The van der Waals surface area contributed by atoms with Crippen molar-refractivity contribution in [3.05, 3.63) is 34.4 Å². The molecule has 0 amide bonds. The Balaban J connectivity index is 0.000000315. The lowest BCUT2D eigenvalue weighted by molar-refractivity contribution is 0.0397. The van der Waals surface area contributed by atoms with Crippen LogP contribution in [0, 0.1) is 10.8 Å². The molecular formula is C20H34O. The molecule has 2 rings (SSSR count).